The zero-order chi connectivity index (χ0) is 68.5. The second-order valence-corrected chi connectivity index (χ2v) is 35.3. The van der Waals surface area contributed by atoms with Crippen molar-refractivity contribution in [3.8, 4) is 28.3 Å². The second kappa shape index (κ2) is 23.7. The number of aromatic hydroxyl groups is 1. The molecule has 0 amide bonds. The standard InChI is InChI=1S/C85H106F2N2O4/c1-51-36-53(39-60(86)37-51)68-41-59(84(23,24)50-78(6,7)8)47-74(89-71-44-56(81(15,16)17)28-32-64(71)65-33-29-57(45-72(65)89)82(18,19)20)85(68,91)93-35-25-34-92-76-52(2)38-61(87)48-67(76)66-40-58(83(21,22)49-77(3,4)5)46-73(75(66)90)88-69-42-54(79(9,10)11)26-30-62(69)63-31-27-55(43-70(63)88)80(12,13)14/h26-33,36-48,74,90-91H,25,34-35,49-50H2,1-24H3. The summed E-state index contributed by atoms with van der Waals surface area (Å²) in [5, 5.41) is 31.9. The summed E-state index contributed by atoms with van der Waals surface area (Å²) in [6, 6.07) is 38.1. The van der Waals surface area contributed by atoms with Crippen LogP contribution >= 0.6 is 0 Å². The van der Waals surface area contributed by atoms with Gasteiger partial charge in [-0.25, -0.2) is 8.78 Å². The molecule has 0 aliphatic heterocycles. The second-order valence-electron chi connectivity index (χ2n) is 35.3. The van der Waals surface area contributed by atoms with Crippen molar-refractivity contribution in [2.45, 2.75) is 224 Å². The van der Waals surface area contributed by atoms with Crippen LogP contribution in [0.1, 0.15) is 222 Å². The summed E-state index contributed by atoms with van der Waals surface area (Å²) in [4.78, 5) is 0. The number of fused-ring (bicyclic) bond motifs is 6. The summed E-state index contributed by atoms with van der Waals surface area (Å²) in [5.41, 5.74) is 12.6. The Morgan fingerprint density at radius 2 is 0.935 bits per heavy atom. The fourth-order valence-electron chi connectivity index (χ4n) is 15.1. The first-order valence-electron chi connectivity index (χ1n) is 33.8. The average Bonchev–Trinajstić information content (AvgIpc) is 1.17. The van der Waals surface area contributed by atoms with Crippen LogP contribution in [0.5, 0.6) is 11.5 Å². The highest BCUT2D eigenvalue weighted by Gasteiger charge is 2.48. The summed E-state index contributed by atoms with van der Waals surface area (Å²) >= 11 is 0. The van der Waals surface area contributed by atoms with Crippen LogP contribution in [0.15, 0.2) is 133 Å². The Morgan fingerprint density at radius 3 is 1.40 bits per heavy atom. The van der Waals surface area contributed by atoms with Crippen LogP contribution in [-0.2, 0) is 31.8 Å². The molecular weight excluding hydrogens is 1150 g/mol. The van der Waals surface area contributed by atoms with Crippen molar-refractivity contribution in [3.05, 3.63) is 189 Å². The zero-order valence-corrected chi connectivity index (χ0v) is 60.6. The molecule has 2 atom stereocenters. The predicted molar refractivity (Wildman–Crippen MR) is 389 cm³/mol. The molecule has 0 spiro atoms. The number of benzene rings is 7. The fourth-order valence-corrected chi connectivity index (χ4v) is 15.1. The molecule has 2 heterocycles. The van der Waals surface area contributed by atoms with Crippen molar-refractivity contribution < 1.29 is 28.5 Å². The molecule has 93 heavy (non-hydrogen) atoms. The number of nitrogens with zero attached hydrogens (tertiary/aromatic N) is 2. The number of allylic oxidation sites excluding steroid dienone is 2. The molecule has 2 unspecified atom stereocenters. The minimum Gasteiger partial charge on any atom is -0.505 e. The Balaban J connectivity index is 1.12. The Labute approximate surface area is 555 Å². The van der Waals surface area contributed by atoms with Gasteiger partial charge in [-0.2, -0.15) is 0 Å². The van der Waals surface area contributed by atoms with Gasteiger partial charge in [-0.05, 0) is 187 Å². The molecule has 10 rings (SSSR count). The van der Waals surface area contributed by atoms with E-state index in [1.54, 1.807) is 0 Å². The quantitative estimate of drug-likeness (QED) is 0.0841. The van der Waals surface area contributed by atoms with E-state index in [4.69, 9.17) is 9.47 Å². The molecule has 2 aromatic heterocycles. The number of phenolic OH excluding ortho intramolecular Hbond substituents is 1. The first-order chi connectivity index (χ1) is 42.8. The molecule has 9 aromatic rings. The Bertz CT molecular complexity index is 4280. The summed E-state index contributed by atoms with van der Waals surface area (Å²) in [6.45, 7) is 53.1. The minimum atomic E-state index is -2.07. The lowest BCUT2D eigenvalue weighted by Crippen LogP contribution is -2.45. The van der Waals surface area contributed by atoms with E-state index < -0.39 is 34.3 Å². The number of aromatic nitrogens is 2. The smallest absolute Gasteiger partial charge is 0.218 e. The molecule has 0 saturated carbocycles. The van der Waals surface area contributed by atoms with Gasteiger partial charge >= 0.3 is 0 Å². The highest BCUT2D eigenvalue weighted by atomic mass is 19.1. The van der Waals surface area contributed by atoms with Gasteiger partial charge in [0, 0.05) is 44.7 Å². The predicted octanol–water partition coefficient (Wildman–Crippen LogP) is 23.3. The molecule has 6 nitrogen and oxygen atoms in total. The molecular formula is C85H106F2N2O4. The first-order valence-corrected chi connectivity index (χ1v) is 33.8. The van der Waals surface area contributed by atoms with Crippen LogP contribution in [-0.4, -0.2) is 38.3 Å². The van der Waals surface area contributed by atoms with Gasteiger partial charge in [0.15, 0.2) is 0 Å². The largest absolute Gasteiger partial charge is 0.505 e. The SMILES string of the molecule is Cc1cc(F)cc(C2=CC(C(C)(C)CC(C)(C)C)=CC(n3c4cc(C(C)(C)C)ccc4c4ccc(C(C)(C)C)cc43)C2(O)OCCCOc2c(C)cc(F)cc2-c2cc(C(C)(C)CC(C)(C)C)cc(-n3c4cc(C(C)(C)C)ccc4c4ccc(C(C)(C)C)cc43)c2O)c1. The van der Waals surface area contributed by atoms with Crippen molar-refractivity contribution in [1.82, 2.24) is 9.13 Å². The van der Waals surface area contributed by atoms with Gasteiger partial charge < -0.3 is 28.8 Å². The molecule has 8 heteroatoms. The summed E-state index contributed by atoms with van der Waals surface area (Å²) in [6.07, 6.45) is 6.22. The lowest BCUT2D eigenvalue weighted by atomic mass is 9.68. The molecule has 0 bridgehead atoms. The van der Waals surface area contributed by atoms with Crippen molar-refractivity contribution in [3.63, 3.8) is 0 Å². The van der Waals surface area contributed by atoms with E-state index in [-0.39, 0.29) is 51.5 Å². The molecule has 1 aliphatic carbocycles. The monoisotopic (exact) mass is 1260 g/mol. The van der Waals surface area contributed by atoms with Crippen molar-refractivity contribution in [2.24, 2.45) is 16.2 Å². The van der Waals surface area contributed by atoms with Gasteiger partial charge in [-0.15, -0.1) is 0 Å². The number of aryl methyl sites for hydroxylation is 2. The van der Waals surface area contributed by atoms with E-state index in [0.29, 0.717) is 45.7 Å². The Morgan fingerprint density at radius 1 is 0.484 bits per heavy atom. The highest BCUT2D eigenvalue weighted by Crippen LogP contribution is 2.53. The third-order valence-electron chi connectivity index (χ3n) is 19.3. The van der Waals surface area contributed by atoms with Gasteiger partial charge in [0.05, 0.1) is 41.0 Å². The zero-order valence-electron chi connectivity index (χ0n) is 60.6. The van der Waals surface area contributed by atoms with E-state index in [1.807, 2.05) is 26.0 Å². The number of halogens is 2. The van der Waals surface area contributed by atoms with Crippen molar-refractivity contribution in [1.29, 1.82) is 0 Å². The number of hydrogen-bond acceptors (Lipinski definition) is 4. The number of rotatable bonds is 14. The summed E-state index contributed by atoms with van der Waals surface area (Å²) in [7, 11) is 0. The lowest BCUT2D eigenvalue weighted by Gasteiger charge is -2.44. The number of ether oxygens (including phenoxy) is 2. The maximum atomic E-state index is 16.5. The highest BCUT2D eigenvalue weighted by molar-refractivity contribution is 6.11. The van der Waals surface area contributed by atoms with Crippen LogP contribution < -0.4 is 4.74 Å². The third-order valence-corrected chi connectivity index (χ3v) is 19.3. The normalized spacial score (nSPS) is 16.7. The lowest BCUT2D eigenvalue weighted by molar-refractivity contribution is -0.179. The topological polar surface area (TPSA) is 68.8 Å². The number of phenols is 1. The van der Waals surface area contributed by atoms with Crippen molar-refractivity contribution >= 4 is 49.2 Å². The van der Waals surface area contributed by atoms with E-state index in [9.17, 15) is 10.2 Å². The molecule has 494 valence electrons. The van der Waals surface area contributed by atoms with Crippen molar-refractivity contribution in [2.75, 3.05) is 13.2 Å². The molecule has 0 saturated heterocycles. The molecule has 1 aliphatic rings. The van der Waals surface area contributed by atoms with Gasteiger partial charge in [0.25, 0.3) is 0 Å². The van der Waals surface area contributed by atoms with E-state index in [0.717, 1.165) is 84.3 Å². The Kier molecular flexibility index (Phi) is 17.6. The summed E-state index contributed by atoms with van der Waals surface area (Å²) in [5.74, 6) is -2.48. The van der Waals surface area contributed by atoms with Gasteiger partial charge in [-0.1, -0.05) is 213 Å². The fraction of sp³-hybridized carbons (Fsp3) is 0.459. The van der Waals surface area contributed by atoms with Crippen LogP contribution in [0.3, 0.4) is 0 Å². The van der Waals surface area contributed by atoms with Gasteiger partial charge in [0.2, 0.25) is 5.79 Å². The number of hydrogen-bond donors (Lipinski definition) is 2. The van der Waals surface area contributed by atoms with Crippen LogP contribution in [0, 0.1) is 41.7 Å². The maximum absolute atomic E-state index is 16.5. The Hall–Kier alpha value is -7.00. The van der Waals surface area contributed by atoms with Gasteiger partial charge in [-0.3, -0.25) is 0 Å². The average molecular weight is 1260 g/mol. The summed E-state index contributed by atoms with van der Waals surface area (Å²) < 4.78 is 51.3. The van der Waals surface area contributed by atoms with Crippen LogP contribution in [0.25, 0.3) is 66.0 Å². The minimum absolute atomic E-state index is 0.00878. The third kappa shape index (κ3) is 13.8. The molecule has 0 radical (unpaired) electrons. The van der Waals surface area contributed by atoms with E-state index in [2.05, 4.69) is 252 Å². The maximum Gasteiger partial charge on any atom is 0.218 e. The van der Waals surface area contributed by atoms with E-state index >= 15 is 8.78 Å². The first kappa shape index (κ1) is 68.8. The number of aliphatic hydroxyl groups is 1. The molecule has 7 aromatic carbocycles. The van der Waals surface area contributed by atoms with Gasteiger partial charge in [0.1, 0.15) is 29.2 Å². The van der Waals surface area contributed by atoms with Crippen LogP contribution in [0.4, 0.5) is 8.78 Å². The van der Waals surface area contributed by atoms with E-state index in [1.165, 1.54) is 35.4 Å². The van der Waals surface area contributed by atoms with Crippen LogP contribution in [0.2, 0.25) is 0 Å². The molecule has 0 fully saturated rings. The molecule has 2 N–H and O–H groups in total.